The molecule has 0 spiro atoms. The topological polar surface area (TPSA) is 29.1 Å². The predicted octanol–water partition coefficient (Wildman–Crippen LogP) is 2.99. The van der Waals surface area contributed by atoms with E-state index < -0.39 is 0 Å². The molecule has 0 aliphatic heterocycles. The summed E-state index contributed by atoms with van der Waals surface area (Å²) in [6.07, 6.45) is 0.0680. The van der Waals surface area contributed by atoms with Crippen molar-refractivity contribution in [2.45, 2.75) is 19.9 Å². The van der Waals surface area contributed by atoms with Gasteiger partial charge in [0.15, 0.2) is 0 Å². The molecule has 1 N–H and O–H groups in total. The lowest BCUT2D eigenvalue weighted by Crippen LogP contribution is -2.25. The zero-order valence-corrected chi connectivity index (χ0v) is 10.8. The third-order valence-electron chi connectivity index (χ3n) is 3.05. The van der Waals surface area contributed by atoms with Crippen LogP contribution in [0.3, 0.4) is 0 Å². The lowest BCUT2D eigenvalue weighted by atomic mass is 10.1. The van der Waals surface area contributed by atoms with Gasteiger partial charge in [-0.05, 0) is 29.7 Å². The van der Waals surface area contributed by atoms with E-state index in [4.69, 9.17) is 0 Å². The van der Waals surface area contributed by atoms with E-state index in [9.17, 15) is 9.18 Å². The molecule has 0 aromatic heterocycles. The Morgan fingerprint density at radius 3 is 2.37 bits per heavy atom. The van der Waals surface area contributed by atoms with Crippen molar-refractivity contribution in [1.29, 1.82) is 0 Å². The highest BCUT2D eigenvalue weighted by Gasteiger charge is 2.07. The van der Waals surface area contributed by atoms with Gasteiger partial charge in [-0.3, -0.25) is 4.79 Å². The molecule has 0 bridgehead atoms. The Morgan fingerprint density at radius 2 is 1.68 bits per heavy atom. The van der Waals surface area contributed by atoms with E-state index in [2.05, 4.69) is 5.32 Å². The Labute approximate surface area is 112 Å². The van der Waals surface area contributed by atoms with Crippen LogP contribution in [0.5, 0.6) is 0 Å². The van der Waals surface area contributed by atoms with Crippen molar-refractivity contribution in [2.75, 3.05) is 0 Å². The van der Waals surface area contributed by atoms with Crippen LogP contribution in [0.1, 0.15) is 16.7 Å². The van der Waals surface area contributed by atoms with Gasteiger partial charge in [0, 0.05) is 6.54 Å². The fraction of sp³-hybridized carbons (Fsp3) is 0.188. The molecule has 0 radical (unpaired) electrons. The first-order chi connectivity index (χ1) is 9.16. The summed E-state index contributed by atoms with van der Waals surface area (Å²) in [5.41, 5.74) is 2.63. The van der Waals surface area contributed by atoms with Gasteiger partial charge < -0.3 is 5.32 Å². The number of hydrogen-bond donors (Lipinski definition) is 1. The zero-order chi connectivity index (χ0) is 13.7. The van der Waals surface area contributed by atoms with Crippen LogP contribution in [0.4, 0.5) is 4.39 Å². The normalized spacial score (nSPS) is 10.2. The number of carbonyl (C=O) groups excluding carboxylic acids is 1. The molecule has 0 saturated heterocycles. The van der Waals surface area contributed by atoms with E-state index >= 15 is 0 Å². The van der Waals surface area contributed by atoms with Crippen LogP contribution in [0.2, 0.25) is 0 Å². The molecule has 0 heterocycles. The van der Waals surface area contributed by atoms with Gasteiger partial charge in [0.2, 0.25) is 5.91 Å². The molecule has 98 valence electrons. The van der Waals surface area contributed by atoms with Crippen LogP contribution in [-0.4, -0.2) is 5.91 Å². The highest BCUT2D eigenvalue weighted by molar-refractivity contribution is 5.78. The molecule has 2 nitrogen and oxygen atoms in total. The van der Waals surface area contributed by atoms with E-state index in [1.165, 1.54) is 6.07 Å². The standard InChI is InChI=1S/C16H16FNO/c1-12-6-2-3-8-14(12)11-18-16(19)10-13-7-4-5-9-15(13)17/h2-9H,10-11H2,1H3,(H,18,19). The first kappa shape index (κ1) is 13.3. The number of rotatable bonds is 4. The Kier molecular flexibility index (Phi) is 4.29. The fourth-order valence-electron chi connectivity index (χ4n) is 1.88. The first-order valence-corrected chi connectivity index (χ1v) is 6.21. The number of carbonyl (C=O) groups is 1. The summed E-state index contributed by atoms with van der Waals surface area (Å²) >= 11 is 0. The Morgan fingerprint density at radius 1 is 1.05 bits per heavy atom. The Balaban J connectivity index is 1.92. The molecule has 2 rings (SSSR count). The maximum absolute atomic E-state index is 13.4. The summed E-state index contributed by atoms with van der Waals surface area (Å²) < 4.78 is 13.4. The van der Waals surface area contributed by atoms with Gasteiger partial charge in [0.25, 0.3) is 0 Å². The van der Waals surface area contributed by atoms with Gasteiger partial charge >= 0.3 is 0 Å². The summed E-state index contributed by atoms with van der Waals surface area (Å²) in [6, 6.07) is 14.2. The molecule has 0 unspecified atom stereocenters. The number of halogens is 1. The van der Waals surface area contributed by atoms with Gasteiger partial charge in [-0.2, -0.15) is 0 Å². The molecular formula is C16H16FNO. The minimum absolute atomic E-state index is 0.0680. The van der Waals surface area contributed by atoms with Crippen molar-refractivity contribution < 1.29 is 9.18 Å². The molecule has 2 aromatic carbocycles. The van der Waals surface area contributed by atoms with Gasteiger partial charge in [0.1, 0.15) is 5.82 Å². The first-order valence-electron chi connectivity index (χ1n) is 6.21. The number of nitrogens with one attached hydrogen (secondary N) is 1. The number of aryl methyl sites for hydroxylation is 1. The summed E-state index contributed by atoms with van der Waals surface area (Å²) in [6.45, 7) is 2.47. The SMILES string of the molecule is Cc1ccccc1CNC(=O)Cc1ccccc1F. The summed E-state index contributed by atoms with van der Waals surface area (Å²) in [5, 5.41) is 2.81. The number of benzene rings is 2. The van der Waals surface area contributed by atoms with E-state index in [0.29, 0.717) is 12.1 Å². The third kappa shape index (κ3) is 3.65. The quantitative estimate of drug-likeness (QED) is 0.896. The molecule has 0 atom stereocenters. The smallest absolute Gasteiger partial charge is 0.224 e. The molecule has 3 heteroatoms. The van der Waals surface area contributed by atoms with Crippen LogP contribution >= 0.6 is 0 Å². The highest BCUT2D eigenvalue weighted by atomic mass is 19.1. The van der Waals surface area contributed by atoms with Gasteiger partial charge in [-0.15, -0.1) is 0 Å². The van der Waals surface area contributed by atoms with Crippen LogP contribution < -0.4 is 5.32 Å². The monoisotopic (exact) mass is 257 g/mol. The van der Waals surface area contributed by atoms with Gasteiger partial charge in [0.05, 0.1) is 6.42 Å². The van der Waals surface area contributed by atoms with Crippen molar-refractivity contribution in [3.63, 3.8) is 0 Å². The average molecular weight is 257 g/mol. The van der Waals surface area contributed by atoms with E-state index in [0.717, 1.165) is 11.1 Å². The molecule has 0 fully saturated rings. The van der Waals surface area contributed by atoms with Crippen LogP contribution in [0, 0.1) is 12.7 Å². The lowest BCUT2D eigenvalue weighted by molar-refractivity contribution is -0.120. The zero-order valence-electron chi connectivity index (χ0n) is 10.8. The third-order valence-corrected chi connectivity index (χ3v) is 3.05. The van der Waals surface area contributed by atoms with Crippen LogP contribution in [0.25, 0.3) is 0 Å². The highest BCUT2D eigenvalue weighted by Crippen LogP contribution is 2.08. The van der Waals surface area contributed by atoms with Crippen molar-refractivity contribution in [1.82, 2.24) is 5.32 Å². The van der Waals surface area contributed by atoms with Gasteiger partial charge in [-0.1, -0.05) is 42.5 Å². The molecule has 0 aliphatic rings. The fourth-order valence-corrected chi connectivity index (χ4v) is 1.88. The minimum atomic E-state index is -0.339. The van der Waals surface area contributed by atoms with E-state index in [1.807, 2.05) is 31.2 Å². The maximum atomic E-state index is 13.4. The van der Waals surface area contributed by atoms with Crippen LogP contribution in [0.15, 0.2) is 48.5 Å². The molecule has 1 amide bonds. The number of amides is 1. The lowest BCUT2D eigenvalue weighted by Gasteiger charge is -2.08. The molecule has 0 aliphatic carbocycles. The second-order valence-corrected chi connectivity index (χ2v) is 4.47. The molecule has 2 aromatic rings. The minimum Gasteiger partial charge on any atom is -0.352 e. The second-order valence-electron chi connectivity index (χ2n) is 4.47. The Bertz CT molecular complexity index is 580. The summed E-state index contributed by atoms with van der Waals surface area (Å²) in [4.78, 5) is 11.8. The maximum Gasteiger partial charge on any atom is 0.224 e. The van der Waals surface area contributed by atoms with Crippen molar-refractivity contribution >= 4 is 5.91 Å². The number of hydrogen-bond acceptors (Lipinski definition) is 1. The largest absolute Gasteiger partial charge is 0.352 e. The van der Waals surface area contributed by atoms with Crippen molar-refractivity contribution in [3.05, 3.63) is 71.0 Å². The predicted molar refractivity (Wildman–Crippen MR) is 73.1 cm³/mol. The van der Waals surface area contributed by atoms with E-state index in [-0.39, 0.29) is 18.1 Å². The average Bonchev–Trinajstić information content (AvgIpc) is 2.40. The van der Waals surface area contributed by atoms with E-state index in [1.54, 1.807) is 18.2 Å². The Hall–Kier alpha value is -2.16. The van der Waals surface area contributed by atoms with Gasteiger partial charge in [-0.25, -0.2) is 4.39 Å². The van der Waals surface area contributed by atoms with Crippen LogP contribution in [-0.2, 0) is 17.8 Å². The second kappa shape index (κ2) is 6.14. The summed E-state index contributed by atoms with van der Waals surface area (Å²) in [7, 11) is 0. The molecule has 0 saturated carbocycles. The van der Waals surface area contributed by atoms with Crippen molar-refractivity contribution in [2.24, 2.45) is 0 Å². The van der Waals surface area contributed by atoms with Crippen molar-refractivity contribution in [3.8, 4) is 0 Å². The molecular weight excluding hydrogens is 241 g/mol. The summed E-state index contributed by atoms with van der Waals surface area (Å²) in [5.74, 6) is -0.512. The molecule has 19 heavy (non-hydrogen) atoms.